The van der Waals surface area contributed by atoms with Crippen LogP contribution in [0.3, 0.4) is 0 Å². The fourth-order valence-corrected chi connectivity index (χ4v) is 2.54. The number of para-hydroxylation sites is 2. The molecule has 1 unspecified atom stereocenters. The van der Waals surface area contributed by atoms with Gasteiger partial charge < -0.3 is 25.4 Å². The van der Waals surface area contributed by atoms with Gasteiger partial charge in [0, 0.05) is 31.4 Å². The molecule has 0 bridgehead atoms. The van der Waals surface area contributed by atoms with Gasteiger partial charge in [-0.3, -0.25) is 4.79 Å². The number of hydrogen-bond donors (Lipinski definition) is 3. The number of fused-ring (bicyclic) bond motifs is 1. The highest BCUT2D eigenvalue weighted by Gasteiger charge is 2.26. The number of hydrogen-bond acceptors (Lipinski definition) is 7. The Bertz CT molecular complexity index is 768. The number of ether oxygens (including phenoxy) is 2. The number of aryl methyl sites for hydroxylation is 1. The molecule has 1 aliphatic heterocycles. The maximum absolute atomic E-state index is 12.2. The quantitative estimate of drug-likeness (QED) is 0.647. The van der Waals surface area contributed by atoms with Crippen LogP contribution < -0.4 is 25.4 Å². The van der Waals surface area contributed by atoms with Crippen LogP contribution >= 0.6 is 0 Å². The molecule has 26 heavy (non-hydrogen) atoms. The largest absolute Gasteiger partial charge is 0.485 e. The first-order chi connectivity index (χ1) is 12.7. The summed E-state index contributed by atoms with van der Waals surface area (Å²) < 4.78 is 11.2. The third-order valence-electron chi connectivity index (χ3n) is 3.72. The smallest absolute Gasteiger partial charge is 0.264 e. The van der Waals surface area contributed by atoms with Crippen LogP contribution in [0.25, 0.3) is 0 Å². The first-order valence-corrected chi connectivity index (χ1v) is 8.65. The molecule has 1 aliphatic rings. The van der Waals surface area contributed by atoms with Gasteiger partial charge in [-0.2, -0.15) is 4.98 Å². The second-order valence-electron chi connectivity index (χ2n) is 5.83. The van der Waals surface area contributed by atoms with Gasteiger partial charge in [-0.15, -0.1) is 0 Å². The second-order valence-corrected chi connectivity index (χ2v) is 5.83. The molecule has 1 aromatic heterocycles. The van der Waals surface area contributed by atoms with Gasteiger partial charge in [-0.05, 0) is 26.0 Å². The van der Waals surface area contributed by atoms with Gasteiger partial charge >= 0.3 is 0 Å². The van der Waals surface area contributed by atoms with Gasteiger partial charge in [0.1, 0.15) is 12.4 Å². The SMILES string of the molecule is CCNc1nc(C)cc(NCCNC(=O)C2COc3ccccc3O2)n1. The number of rotatable bonds is 7. The van der Waals surface area contributed by atoms with Gasteiger partial charge in [0.05, 0.1) is 0 Å². The Morgan fingerprint density at radius 2 is 2.00 bits per heavy atom. The van der Waals surface area contributed by atoms with Crippen molar-refractivity contribution in [1.82, 2.24) is 15.3 Å². The Morgan fingerprint density at radius 1 is 1.19 bits per heavy atom. The summed E-state index contributed by atoms with van der Waals surface area (Å²) in [6, 6.07) is 9.18. The first-order valence-electron chi connectivity index (χ1n) is 8.65. The van der Waals surface area contributed by atoms with E-state index in [2.05, 4.69) is 25.9 Å². The number of nitrogens with zero attached hydrogens (tertiary/aromatic N) is 2. The highest BCUT2D eigenvalue weighted by atomic mass is 16.6. The van der Waals surface area contributed by atoms with Gasteiger partial charge in [0.15, 0.2) is 11.5 Å². The van der Waals surface area contributed by atoms with E-state index in [4.69, 9.17) is 9.47 Å². The van der Waals surface area contributed by atoms with Gasteiger partial charge in [-0.25, -0.2) is 4.98 Å². The Labute approximate surface area is 152 Å². The minimum Gasteiger partial charge on any atom is -0.485 e. The fraction of sp³-hybridized carbons (Fsp3) is 0.389. The van der Waals surface area contributed by atoms with E-state index in [0.29, 0.717) is 36.4 Å². The fourth-order valence-electron chi connectivity index (χ4n) is 2.54. The number of nitrogens with one attached hydrogen (secondary N) is 3. The van der Waals surface area contributed by atoms with Gasteiger partial charge in [-0.1, -0.05) is 12.1 Å². The highest BCUT2D eigenvalue weighted by Crippen LogP contribution is 2.30. The molecule has 8 nitrogen and oxygen atoms in total. The van der Waals surface area contributed by atoms with Crippen molar-refractivity contribution in [1.29, 1.82) is 0 Å². The van der Waals surface area contributed by atoms with E-state index < -0.39 is 6.10 Å². The molecule has 1 amide bonds. The molecule has 8 heteroatoms. The molecule has 1 aromatic carbocycles. The molecule has 2 heterocycles. The second kappa shape index (κ2) is 8.37. The van der Waals surface area contributed by atoms with Gasteiger partial charge in [0.2, 0.25) is 12.1 Å². The number of carbonyl (C=O) groups is 1. The van der Waals surface area contributed by atoms with Crippen LogP contribution in [0.1, 0.15) is 12.6 Å². The number of amides is 1. The van der Waals surface area contributed by atoms with Crippen molar-refractivity contribution in [3.05, 3.63) is 36.0 Å². The van der Waals surface area contributed by atoms with Crippen molar-refractivity contribution in [2.75, 3.05) is 36.9 Å². The van der Waals surface area contributed by atoms with E-state index in [0.717, 1.165) is 12.2 Å². The summed E-state index contributed by atoms with van der Waals surface area (Å²) >= 11 is 0. The van der Waals surface area contributed by atoms with Crippen molar-refractivity contribution in [3.8, 4) is 11.5 Å². The van der Waals surface area contributed by atoms with E-state index in [1.165, 1.54) is 0 Å². The molecule has 0 fully saturated rings. The monoisotopic (exact) mass is 357 g/mol. The average Bonchev–Trinajstić information content (AvgIpc) is 2.64. The molecule has 2 aromatic rings. The van der Waals surface area contributed by atoms with E-state index in [1.54, 1.807) is 6.07 Å². The van der Waals surface area contributed by atoms with Crippen molar-refractivity contribution >= 4 is 17.7 Å². The predicted molar refractivity (Wildman–Crippen MR) is 98.8 cm³/mol. The molecule has 0 saturated heterocycles. The van der Waals surface area contributed by atoms with Crippen LogP contribution in [0.4, 0.5) is 11.8 Å². The zero-order chi connectivity index (χ0) is 18.4. The van der Waals surface area contributed by atoms with Crippen LogP contribution in [0.2, 0.25) is 0 Å². The molecule has 0 saturated carbocycles. The van der Waals surface area contributed by atoms with E-state index in [9.17, 15) is 4.79 Å². The van der Waals surface area contributed by atoms with E-state index in [-0.39, 0.29) is 12.5 Å². The lowest BCUT2D eigenvalue weighted by molar-refractivity contribution is -0.130. The van der Waals surface area contributed by atoms with Crippen molar-refractivity contribution in [2.45, 2.75) is 20.0 Å². The summed E-state index contributed by atoms with van der Waals surface area (Å²) in [6.07, 6.45) is -0.647. The minimum absolute atomic E-state index is 0.200. The summed E-state index contributed by atoms with van der Waals surface area (Å²) in [5.74, 6) is 2.35. The topological polar surface area (TPSA) is 97.4 Å². The molecule has 138 valence electrons. The normalized spacial score (nSPS) is 15.2. The van der Waals surface area contributed by atoms with E-state index in [1.807, 2.05) is 38.1 Å². The molecule has 1 atom stereocenters. The summed E-state index contributed by atoms with van der Waals surface area (Å²) in [4.78, 5) is 20.9. The van der Waals surface area contributed by atoms with Crippen LogP contribution in [0, 0.1) is 6.92 Å². The maximum atomic E-state index is 12.2. The predicted octanol–water partition coefficient (Wildman–Crippen LogP) is 1.58. The third-order valence-corrected chi connectivity index (χ3v) is 3.72. The lowest BCUT2D eigenvalue weighted by Crippen LogP contribution is -2.45. The molecule has 3 rings (SSSR count). The van der Waals surface area contributed by atoms with Crippen molar-refractivity contribution < 1.29 is 14.3 Å². The summed E-state index contributed by atoms with van der Waals surface area (Å²) in [7, 11) is 0. The molecule has 0 spiro atoms. The first kappa shape index (κ1) is 17.8. The molecule has 0 aliphatic carbocycles. The Morgan fingerprint density at radius 3 is 2.81 bits per heavy atom. The van der Waals surface area contributed by atoms with Crippen LogP contribution in [0.15, 0.2) is 30.3 Å². The maximum Gasteiger partial charge on any atom is 0.264 e. The average molecular weight is 357 g/mol. The van der Waals surface area contributed by atoms with Gasteiger partial charge in [0.25, 0.3) is 5.91 Å². The van der Waals surface area contributed by atoms with Crippen molar-refractivity contribution in [3.63, 3.8) is 0 Å². The lowest BCUT2D eigenvalue weighted by Gasteiger charge is -2.25. The molecule has 3 N–H and O–H groups in total. The summed E-state index contributed by atoms with van der Waals surface area (Å²) in [5.41, 5.74) is 0.869. The zero-order valence-electron chi connectivity index (χ0n) is 14.9. The molecule has 0 radical (unpaired) electrons. The van der Waals surface area contributed by atoms with Crippen LogP contribution in [-0.4, -0.2) is 48.2 Å². The number of benzene rings is 1. The summed E-state index contributed by atoms with van der Waals surface area (Å²) in [5, 5.41) is 9.11. The van der Waals surface area contributed by atoms with E-state index >= 15 is 0 Å². The number of anilines is 2. The standard InChI is InChI=1S/C18H23N5O3/c1-3-19-18-22-12(2)10-16(23-18)20-8-9-21-17(24)15-11-25-13-6-4-5-7-14(13)26-15/h4-7,10,15H,3,8-9,11H2,1-2H3,(H,21,24)(H2,19,20,22,23). The zero-order valence-corrected chi connectivity index (χ0v) is 14.9. The number of carbonyl (C=O) groups excluding carboxylic acids is 1. The Kier molecular flexibility index (Phi) is 5.73. The summed E-state index contributed by atoms with van der Waals surface area (Å²) in [6.45, 7) is 5.84. The lowest BCUT2D eigenvalue weighted by atomic mass is 10.2. The number of aromatic nitrogens is 2. The molecular weight excluding hydrogens is 334 g/mol. The Balaban J connectivity index is 1.45. The molecular formula is C18H23N5O3. The highest BCUT2D eigenvalue weighted by molar-refractivity contribution is 5.81. The van der Waals surface area contributed by atoms with Crippen molar-refractivity contribution in [2.24, 2.45) is 0 Å². The van der Waals surface area contributed by atoms with Crippen LogP contribution in [0.5, 0.6) is 11.5 Å². The Hall–Kier alpha value is -3.03. The minimum atomic E-state index is -0.647. The van der Waals surface area contributed by atoms with Crippen LogP contribution in [-0.2, 0) is 4.79 Å². The third kappa shape index (κ3) is 4.53.